The van der Waals surface area contributed by atoms with E-state index in [9.17, 15) is 20.2 Å². The summed E-state index contributed by atoms with van der Waals surface area (Å²) in [5, 5.41) is 32.7. The molecule has 1 radical (unpaired) electrons. The Hall–Kier alpha value is -5.38. The molecule has 0 aliphatic heterocycles. The Bertz CT molecular complexity index is 2390. The minimum absolute atomic E-state index is 0. The normalized spacial score (nSPS) is 13.6. The van der Waals surface area contributed by atoms with Crippen LogP contribution in [-0.4, -0.2) is 22.3 Å². The predicted octanol–water partition coefficient (Wildman–Crippen LogP) is 18.8. The van der Waals surface area contributed by atoms with E-state index in [4.69, 9.17) is 0 Å². The molecule has 0 unspecified atom stereocenters. The summed E-state index contributed by atoms with van der Waals surface area (Å²) in [6.45, 7) is 51.7. The van der Waals surface area contributed by atoms with Crippen LogP contribution in [0.25, 0.3) is 10.6 Å². The summed E-state index contributed by atoms with van der Waals surface area (Å²) in [5.74, 6) is 0. The van der Waals surface area contributed by atoms with Gasteiger partial charge in [0.1, 0.15) is 12.4 Å². The quantitative estimate of drug-likeness (QED) is 0.0675. The molecule has 0 N–H and O–H groups in total. The second-order valence-corrected chi connectivity index (χ2v) is 27.5. The van der Waals surface area contributed by atoms with Crippen molar-refractivity contribution in [1.29, 1.82) is 0 Å². The van der Waals surface area contributed by atoms with Gasteiger partial charge in [-0.3, -0.25) is 20.2 Å². The van der Waals surface area contributed by atoms with Crippen LogP contribution in [0.5, 0.6) is 0 Å². The van der Waals surface area contributed by atoms with Crippen LogP contribution < -0.4 is 0 Å². The van der Waals surface area contributed by atoms with Crippen molar-refractivity contribution in [2.24, 2.45) is 9.98 Å². The summed E-state index contributed by atoms with van der Waals surface area (Å²) in [6, 6.07) is 24.8. The summed E-state index contributed by atoms with van der Waals surface area (Å²) in [7, 11) is 0. The summed E-state index contributed by atoms with van der Waals surface area (Å²) >= 11 is 0. The van der Waals surface area contributed by atoms with Gasteiger partial charge in [0.25, 0.3) is 11.4 Å². The van der Waals surface area contributed by atoms with Crippen LogP contribution in [0, 0.1) is 20.2 Å². The number of allylic oxidation sites excluding steroid dienone is 2. The number of benzene rings is 4. The molecule has 0 aliphatic rings. The Morgan fingerprint density at radius 1 is 0.356 bits per heavy atom. The number of hydrogen-bond donors (Lipinski definition) is 0. The molecule has 11 heteroatoms. The molecule has 0 saturated heterocycles. The van der Waals surface area contributed by atoms with Gasteiger partial charge in [0.15, 0.2) is 0 Å². The maximum atomic E-state index is 11.8. The van der Waals surface area contributed by atoms with Crippen molar-refractivity contribution >= 4 is 35.2 Å². The maximum Gasteiger partial charge on any atom is 2.00 e. The minimum atomic E-state index is -0.441. The molecule has 0 aliphatic carbocycles. The second kappa shape index (κ2) is 23.4. The van der Waals surface area contributed by atoms with E-state index in [1.807, 2.05) is 48.5 Å². The van der Waals surface area contributed by atoms with Gasteiger partial charge in [-0.1, -0.05) is 227 Å². The monoisotopic (exact) mass is 1040 g/mol. The van der Waals surface area contributed by atoms with E-state index in [0.717, 1.165) is 44.5 Å². The van der Waals surface area contributed by atoms with Crippen LogP contribution in [0.4, 0.5) is 22.7 Å². The van der Waals surface area contributed by atoms with Crippen molar-refractivity contribution in [3.63, 3.8) is 0 Å². The van der Waals surface area contributed by atoms with Gasteiger partial charge in [-0.2, -0.15) is 0 Å². The molecular formula is C62H88CuN6O4. The topological polar surface area (TPSA) is 139 Å². The summed E-state index contributed by atoms with van der Waals surface area (Å²) in [6.07, 6.45) is 5.21. The number of nitrogens with zero attached hydrogens (tertiary/aromatic N) is 6. The summed E-state index contributed by atoms with van der Waals surface area (Å²) in [4.78, 5) is 31.8. The van der Waals surface area contributed by atoms with Crippen molar-refractivity contribution in [2.75, 3.05) is 0 Å². The molecule has 0 fully saturated rings. The van der Waals surface area contributed by atoms with Gasteiger partial charge in [-0.15, -0.1) is 11.4 Å². The van der Waals surface area contributed by atoms with E-state index in [1.54, 1.807) is 0 Å². The largest absolute Gasteiger partial charge is 2.00 e. The second-order valence-electron chi connectivity index (χ2n) is 27.5. The molecule has 4 aromatic rings. The molecule has 0 amide bonds. The van der Waals surface area contributed by atoms with E-state index in [2.05, 4.69) is 211 Å². The molecule has 10 nitrogen and oxygen atoms in total. The van der Waals surface area contributed by atoms with Crippen LogP contribution in [0.1, 0.15) is 211 Å². The number of rotatable bonds is 10. The average molecular weight is 1040 g/mol. The van der Waals surface area contributed by atoms with Crippen molar-refractivity contribution in [1.82, 2.24) is 0 Å². The Morgan fingerprint density at radius 2 is 0.534 bits per heavy atom. The maximum absolute atomic E-state index is 11.8. The van der Waals surface area contributed by atoms with E-state index < -0.39 is 9.85 Å². The zero-order chi connectivity index (χ0) is 55.4. The standard InChI is InChI=1S/2C31H44N3O2.Cu/c2*1-28(2,3)21-13-22(29(4,5)6)16-25(15-21)32-19-27(34(35)36)20-33-26-17-23(30(7,8)9)14-24(18-26)31(10,11)12;/h2*13-20H,1-12H3;/q2*-1;+2/b2*27-19+,33-20?;. The van der Waals surface area contributed by atoms with Gasteiger partial charge in [0.05, 0.1) is 21.2 Å². The molecule has 73 heavy (non-hydrogen) atoms. The molecule has 0 spiro atoms. The van der Waals surface area contributed by atoms with Gasteiger partial charge in [0, 0.05) is 0 Å². The molecule has 0 aromatic heterocycles. The average Bonchev–Trinajstić information content (AvgIpc) is 3.20. The van der Waals surface area contributed by atoms with Crippen LogP contribution in [0.3, 0.4) is 0 Å². The Morgan fingerprint density at radius 3 is 0.699 bits per heavy atom. The molecule has 0 saturated carbocycles. The van der Waals surface area contributed by atoms with Gasteiger partial charge in [-0.25, -0.2) is 9.98 Å². The molecule has 0 heterocycles. The first-order valence-electron chi connectivity index (χ1n) is 25.2. The Balaban J connectivity index is 0.000000493. The van der Waals surface area contributed by atoms with Crippen LogP contribution in [-0.2, 0) is 60.4 Å². The molecule has 4 rings (SSSR count). The van der Waals surface area contributed by atoms with Crippen LogP contribution in [0.15, 0.2) is 107 Å². The fraction of sp³-hybridized carbons (Fsp3) is 0.516. The molecular weight excluding hydrogens is 956 g/mol. The zero-order valence-electron chi connectivity index (χ0n) is 48.9. The van der Waals surface area contributed by atoms with Crippen LogP contribution in [0.2, 0.25) is 0 Å². The fourth-order valence-electron chi connectivity index (χ4n) is 7.02. The van der Waals surface area contributed by atoms with E-state index in [1.165, 1.54) is 24.8 Å². The molecule has 0 atom stereocenters. The first-order chi connectivity index (χ1) is 32.3. The zero-order valence-corrected chi connectivity index (χ0v) is 49.8. The number of nitro groups is 2. The number of hydrogen-bond acceptors (Lipinski definition) is 6. The molecule has 4 aromatic carbocycles. The fourth-order valence-corrected chi connectivity index (χ4v) is 7.02. The van der Waals surface area contributed by atoms with Gasteiger partial charge in [0.2, 0.25) is 0 Å². The third-order valence-electron chi connectivity index (χ3n) is 12.4. The minimum Gasteiger partial charge on any atom is -0.659 e. The molecule has 401 valence electrons. The van der Waals surface area contributed by atoms with E-state index >= 15 is 0 Å². The van der Waals surface area contributed by atoms with Crippen molar-refractivity contribution in [3.05, 3.63) is 172 Å². The SMILES string of the molecule is CC(C)(C)c1cc(N=C/C(=C\[N-]c2cc(C(C)(C)C)cc(C(C)(C)C)c2)[N+](=O)[O-])cc(C(C)(C)C)c1.CC(C)(C)c1cc(N=C/C(=C\[N-]c2cc(C(C)(C)C)cc(C(C)(C)C)c2)[N+](=O)[O-])cc(C(C)(C)C)c1.[Cu+2]. The Labute approximate surface area is 451 Å². The summed E-state index contributed by atoms with van der Waals surface area (Å²) in [5.41, 5.74) is 11.1. The van der Waals surface area contributed by atoms with Crippen LogP contribution >= 0.6 is 0 Å². The first-order valence-corrected chi connectivity index (χ1v) is 25.2. The van der Waals surface area contributed by atoms with E-state index in [-0.39, 0.29) is 71.8 Å². The molecule has 0 bridgehead atoms. The third kappa shape index (κ3) is 19.8. The van der Waals surface area contributed by atoms with E-state index in [0.29, 0.717) is 22.7 Å². The third-order valence-corrected chi connectivity index (χ3v) is 12.4. The summed E-state index contributed by atoms with van der Waals surface area (Å²) < 4.78 is 0. The first kappa shape index (κ1) is 63.7. The van der Waals surface area contributed by atoms with Crippen molar-refractivity contribution in [3.8, 4) is 0 Å². The Kier molecular flexibility index (Phi) is 20.5. The van der Waals surface area contributed by atoms with Crippen molar-refractivity contribution in [2.45, 2.75) is 209 Å². The van der Waals surface area contributed by atoms with Crippen molar-refractivity contribution < 1.29 is 26.9 Å². The van der Waals surface area contributed by atoms with Gasteiger partial charge < -0.3 is 10.6 Å². The predicted molar refractivity (Wildman–Crippen MR) is 308 cm³/mol. The van der Waals surface area contributed by atoms with Gasteiger partial charge in [-0.05, 0) is 112 Å². The van der Waals surface area contributed by atoms with Gasteiger partial charge >= 0.3 is 17.1 Å². The smallest absolute Gasteiger partial charge is 0.659 e. The number of aliphatic imine (C=N–C) groups is 2.